The third-order valence-electron chi connectivity index (χ3n) is 5.45. The molecule has 0 bridgehead atoms. The van der Waals surface area contributed by atoms with Gasteiger partial charge in [0.15, 0.2) is 5.41 Å². The molecule has 2 atom stereocenters. The van der Waals surface area contributed by atoms with Crippen LogP contribution < -0.4 is 10.5 Å². The number of benzene rings is 1. The first kappa shape index (κ1) is 19.2. The zero-order chi connectivity index (χ0) is 20.3. The zero-order valence-electron chi connectivity index (χ0n) is 15.7. The topological polar surface area (TPSA) is 110 Å². The van der Waals surface area contributed by atoms with Crippen molar-refractivity contribution in [3.63, 3.8) is 0 Å². The molecule has 6 nitrogen and oxygen atoms in total. The molecule has 0 radical (unpaired) electrons. The van der Waals surface area contributed by atoms with Crippen LogP contribution in [0.4, 0.5) is 0 Å². The van der Waals surface area contributed by atoms with Crippen molar-refractivity contribution >= 4 is 0 Å². The molecule has 1 aromatic rings. The van der Waals surface area contributed by atoms with Gasteiger partial charge >= 0.3 is 0 Å². The maximum atomic E-state index is 10.0. The van der Waals surface area contributed by atoms with Gasteiger partial charge < -0.3 is 15.4 Å². The molecule has 0 spiro atoms. The lowest BCUT2D eigenvalue weighted by Gasteiger charge is -2.45. The molecule has 0 aromatic heterocycles. The lowest BCUT2D eigenvalue weighted by atomic mass is 9.58. The zero-order valence-corrected chi connectivity index (χ0v) is 15.7. The van der Waals surface area contributed by atoms with Crippen LogP contribution in [0.2, 0.25) is 0 Å². The van der Waals surface area contributed by atoms with Crippen molar-refractivity contribution in [1.82, 2.24) is 4.90 Å². The average molecular weight is 371 g/mol. The molecule has 28 heavy (non-hydrogen) atoms. The van der Waals surface area contributed by atoms with Crippen LogP contribution in [-0.4, -0.2) is 31.6 Å². The molecule has 0 unspecified atom stereocenters. The van der Waals surface area contributed by atoms with Gasteiger partial charge in [0.2, 0.25) is 0 Å². The smallest absolute Gasteiger partial charge is 0.191 e. The first-order valence-corrected chi connectivity index (χ1v) is 8.97. The number of nitrogens with two attached hydrogens (primary N) is 1. The van der Waals surface area contributed by atoms with Gasteiger partial charge in [0, 0.05) is 24.9 Å². The van der Waals surface area contributed by atoms with Crippen LogP contribution in [0.25, 0.3) is 0 Å². The number of ether oxygens (including phenoxy) is 1. The summed E-state index contributed by atoms with van der Waals surface area (Å²) >= 11 is 0. The first-order chi connectivity index (χ1) is 13.5. The van der Waals surface area contributed by atoms with Crippen LogP contribution in [0.15, 0.2) is 59.8 Å². The third-order valence-corrected chi connectivity index (χ3v) is 5.45. The first-order valence-electron chi connectivity index (χ1n) is 8.97. The molecule has 1 aromatic carbocycles. The van der Waals surface area contributed by atoms with E-state index in [0.29, 0.717) is 25.4 Å². The largest absolute Gasteiger partial charge is 0.490 e. The lowest BCUT2D eigenvalue weighted by Crippen LogP contribution is -2.47. The summed E-state index contributed by atoms with van der Waals surface area (Å²) in [6.45, 7) is 5.35. The minimum Gasteiger partial charge on any atom is -0.490 e. The molecule has 1 heterocycles. The van der Waals surface area contributed by atoms with Gasteiger partial charge in [-0.2, -0.15) is 15.8 Å². The van der Waals surface area contributed by atoms with Crippen LogP contribution in [0, 0.1) is 45.3 Å². The molecule has 6 heteroatoms. The van der Waals surface area contributed by atoms with E-state index in [1.807, 2.05) is 37.4 Å². The van der Waals surface area contributed by atoms with Crippen LogP contribution >= 0.6 is 0 Å². The molecule has 1 aliphatic heterocycles. The van der Waals surface area contributed by atoms with E-state index < -0.39 is 11.3 Å². The second-order valence-electron chi connectivity index (χ2n) is 7.07. The second-order valence-corrected chi connectivity index (χ2v) is 7.07. The van der Waals surface area contributed by atoms with Crippen LogP contribution in [0.5, 0.6) is 5.75 Å². The lowest BCUT2D eigenvalue weighted by molar-refractivity contribution is 0.237. The SMILES string of the molecule is C=CCOc1ccc([C@@H]2[C@@H]3CN(C)CC=C3C(C#N)=C(N)C2(C#N)C#N)cc1. The van der Waals surface area contributed by atoms with E-state index in [9.17, 15) is 15.8 Å². The summed E-state index contributed by atoms with van der Waals surface area (Å²) in [4.78, 5) is 2.11. The van der Waals surface area contributed by atoms with Crippen molar-refractivity contribution in [2.24, 2.45) is 17.1 Å². The molecule has 0 fully saturated rings. The fraction of sp³-hybridized carbons (Fsp3) is 0.318. The molecule has 0 amide bonds. The highest BCUT2D eigenvalue weighted by atomic mass is 16.5. The number of rotatable bonds is 4. The summed E-state index contributed by atoms with van der Waals surface area (Å²) in [6, 6.07) is 13.8. The van der Waals surface area contributed by atoms with E-state index in [1.165, 1.54) is 0 Å². The van der Waals surface area contributed by atoms with Gasteiger partial charge in [0.25, 0.3) is 0 Å². The van der Waals surface area contributed by atoms with E-state index in [-0.39, 0.29) is 17.2 Å². The van der Waals surface area contributed by atoms with Gasteiger partial charge in [-0.25, -0.2) is 0 Å². The number of fused-ring (bicyclic) bond motifs is 1. The van der Waals surface area contributed by atoms with Gasteiger partial charge in [0.05, 0.1) is 23.4 Å². The van der Waals surface area contributed by atoms with Crippen molar-refractivity contribution in [2.75, 3.05) is 26.7 Å². The number of likely N-dealkylation sites (N-methyl/N-ethyl adjacent to an activating group) is 1. The molecule has 1 aliphatic carbocycles. The second kappa shape index (κ2) is 7.61. The maximum absolute atomic E-state index is 10.0. The van der Waals surface area contributed by atoms with E-state index in [2.05, 4.69) is 29.7 Å². The summed E-state index contributed by atoms with van der Waals surface area (Å²) in [5.74, 6) is 0.0127. The van der Waals surface area contributed by atoms with Crippen molar-refractivity contribution in [3.8, 4) is 24.0 Å². The van der Waals surface area contributed by atoms with Crippen LogP contribution in [-0.2, 0) is 0 Å². The molecular formula is C22H21N5O. The summed E-state index contributed by atoms with van der Waals surface area (Å²) in [6.07, 6.45) is 3.64. The Morgan fingerprint density at radius 1 is 1.29 bits per heavy atom. The number of allylic oxidation sites excluding steroid dienone is 2. The predicted molar refractivity (Wildman–Crippen MR) is 104 cm³/mol. The summed E-state index contributed by atoms with van der Waals surface area (Å²) < 4.78 is 5.54. The van der Waals surface area contributed by atoms with Crippen LogP contribution in [0.3, 0.4) is 0 Å². The van der Waals surface area contributed by atoms with E-state index >= 15 is 0 Å². The molecule has 0 saturated carbocycles. The highest BCUT2D eigenvalue weighted by Gasteiger charge is 2.54. The molecule has 2 aliphatic rings. The van der Waals surface area contributed by atoms with Gasteiger partial charge in [-0.3, -0.25) is 0 Å². The van der Waals surface area contributed by atoms with Gasteiger partial charge in [-0.15, -0.1) is 0 Å². The monoisotopic (exact) mass is 371 g/mol. The number of hydrogen-bond donors (Lipinski definition) is 1. The van der Waals surface area contributed by atoms with Gasteiger partial charge in [-0.05, 0) is 30.3 Å². The Morgan fingerprint density at radius 3 is 2.54 bits per heavy atom. The van der Waals surface area contributed by atoms with E-state index in [4.69, 9.17) is 10.5 Å². The fourth-order valence-electron chi connectivity index (χ4n) is 4.13. The number of hydrogen-bond acceptors (Lipinski definition) is 6. The van der Waals surface area contributed by atoms with E-state index in [1.54, 1.807) is 6.08 Å². The highest BCUT2D eigenvalue weighted by molar-refractivity contribution is 5.59. The summed E-state index contributed by atoms with van der Waals surface area (Å²) in [7, 11) is 1.98. The Hall–Kier alpha value is -3.53. The normalized spacial score (nSPS) is 23.4. The number of nitriles is 3. The molecule has 2 N–H and O–H groups in total. The Morgan fingerprint density at radius 2 is 1.96 bits per heavy atom. The average Bonchev–Trinajstić information content (AvgIpc) is 2.72. The number of nitrogens with zero attached hydrogens (tertiary/aromatic N) is 4. The van der Waals surface area contributed by atoms with E-state index in [0.717, 1.165) is 11.1 Å². The van der Waals surface area contributed by atoms with Gasteiger partial charge in [0.1, 0.15) is 18.4 Å². The van der Waals surface area contributed by atoms with Crippen molar-refractivity contribution in [3.05, 3.63) is 65.4 Å². The summed E-state index contributed by atoms with van der Waals surface area (Å²) in [5.41, 5.74) is 6.64. The minimum absolute atomic E-state index is 0.0454. The van der Waals surface area contributed by atoms with Gasteiger partial charge in [-0.1, -0.05) is 30.9 Å². The summed E-state index contributed by atoms with van der Waals surface area (Å²) in [5, 5.41) is 29.7. The molecule has 140 valence electrons. The van der Waals surface area contributed by atoms with Crippen molar-refractivity contribution < 1.29 is 4.74 Å². The van der Waals surface area contributed by atoms with Crippen molar-refractivity contribution in [1.29, 1.82) is 15.8 Å². The molecular weight excluding hydrogens is 350 g/mol. The Balaban J connectivity index is 2.18. The maximum Gasteiger partial charge on any atom is 0.191 e. The predicted octanol–water partition coefficient (Wildman–Crippen LogP) is 2.61. The highest BCUT2D eigenvalue weighted by Crippen LogP contribution is 2.54. The van der Waals surface area contributed by atoms with Crippen LogP contribution in [0.1, 0.15) is 11.5 Å². The quantitative estimate of drug-likeness (QED) is 0.815. The molecule has 0 saturated heterocycles. The minimum atomic E-state index is -1.60. The standard InChI is InChI=1S/C22H21N5O/c1-3-10-28-16-6-4-15(5-7-16)20-19-12-27(2)9-8-17(19)18(11-23)21(26)22(20,13-24)14-25/h3-8,19-20H,1,9-10,12,26H2,2H3/t19-,20-/m1/s1. The Kier molecular flexibility index (Phi) is 5.23. The fourth-order valence-corrected chi connectivity index (χ4v) is 4.13. The third kappa shape index (κ3) is 2.93. The Labute approximate surface area is 165 Å². The molecule has 3 rings (SSSR count). The van der Waals surface area contributed by atoms with Crippen molar-refractivity contribution in [2.45, 2.75) is 5.92 Å². The Bertz CT molecular complexity index is 954.